The number of hydrogen-bond acceptors (Lipinski definition) is 5. The highest BCUT2D eigenvalue weighted by atomic mass is 16.7. The zero-order chi connectivity index (χ0) is 18.3. The van der Waals surface area contributed by atoms with Crippen molar-refractivity contribution < 1.29 is 14.4 Å². The van der Waals surface area contributed by atoms with Crippen LogP contribution in [0, 0.1) is 5.92 Å². The van der Waals surface area contributed by atoms with Gasteiger partial charge in [-0.2, -0.15) is 0 Å². The van der Waals surface area contributed by atoms with Crippen LogP contribution in [0.15, 0.2) is 58.9 Å². The largest absolute Gasteiger partial charge is 0.467 e. The van der Waals surface area contributed by atoms with Crippen LogP contribution in [-0.4, -0.2) is 36.3 Å². The van der Waals surface area contributed by atoms with Gasteiger partial charge in [0.15, 0.2) is 5.78 Å². The van der Waals surface area contributed by atoms with E-state index in [1.54, 1.807) is 6.08 Å². The molecule has 140 valence electrons. The highest BCUT2D eigenvalue weighted by molar-refractivity contribution is 5.94. The molecule has 0 radical (unpaired) electrons. The number of benzene rings is 1. The molecule has 4 aliphatic rings. The van der Waals surface area contributed by atoms with Gasteiger partial charge in [-0.3, -0.25) is 4.79 Å². The maximum absolute atomic E-state index is 11.6. The molecule has 2 heterocycles. The Hall–Kier alpha value is -2.56. The first-order valence-corrected chi connectivity index (χ1v) is 9.85. The summed E-state index contributed by atoms with van der Waals surface area (Å²) in [4.78, 5) is 19.4. The molecule has 5 heteroatoms. The number of ether oxygens (including phenoxy) is 1. The molecular weight excluding hydrogens is 340 g/mol. The quantitative estimate of drug-likeness (QED) is 0.572. The fourth-order valence-corrected chi connectivity index (χ4v) is 4.54. The highest BCUT2D eigenvalue weighted by Crippen LogP contribution is 2.59. The first-order chi connectivity index (χ1) is 13.2. The maximum atomic E-state index is 11.6. The van der Waals surface area contributed by atoms with Crippen molar-refractivity contribution in [1.82, 2.24) is 4.90 Å². The maximum Gasteiger partial charge on any atom is 0.226 e. The molecule has 5 rings (SSSR count). The Morgan fingerprint density at radius 1 is 1.26 bits per heavy atom. The smallest absolute Gasteiger partial charge is 0.226 e. The number of nitrogens with zero attached hydrogens (tertiary/aromatic N) is 2. The van der Waals surface area contributed by atoms with Gasteiger partial charge in [-0.1, -0.05) is 35.5 Å². The van der Waals surface area contributed by atoms with Crippen LogP contribution >= 0.6 is 0 Å². The first kappa shape index (κ1) is 16.6. The Bertz CT molecular complexity index is 842. The second-order valence-corrected chi connectivity index (χ2v) is 7.89. The van der Waals surface area contributed by atoms with Crippen molar-refractivity contribution in [3.05, 3.63) is 59.3 Å². The van der Waals surface area contributed by atoms with E-state index in [0.29, 0.717) is 18.9 Å². The van der Waals surface area contributed by atoms with Gasteiger partial charge < -0.3 is 14.5 Å². The lowest BCUT2D eigenvalue weighted by atomic mass is 10.0. The van der Waals surface area contributed by atoms with Crippen LogP contribution in [-0.2, 0) is 20.0 Å². The van der Waals surface area contributed by atoms with Crippen LogP contribution < -0.4 is 0 Å². The molecule has 2 atom stereocenters. The van der Waals surface area contributed by atoms with Crippen molar-refractivity contribution in [1.29, 1.82) is 0 Å². The molecule has 1 saturated heterocycles. The standard InChI is InChI=1S/C22H24N2O3/c25-20-12-16-11-19(13-20)24(15-16)9-4-10-26-23-21-8-7-18-14-22(18,27-21)17-5-2-1-3-6-17/h1-3,5-6,11-12,18H,4,7-10,13-15H2. The van der Waals surface area contributed by atoms with Crippen LogP contribution in [0.2, 0.25) is 0 Å². The third-order valence-corrected chi connectivity index (χ3v) is 5.98. The molecule has 0 aromatic heterocycles. The molecule has 5 nitrogen and oxygen atoms in total. The van der Waals surface area contributed by atoms with E-state index in [-0.39, 0.29) is 11.4 Å². The number of allylic oxidation sites excluding steroid dienone is 2. The van der Waals surface area contributed by atoms with Crippen molar-refractivity contribution in [3.8, 4) is 0 Å². The minimum atomic E-state index is -0.165. The van der Waals surface area contributed by atoms with E-state index < -0.39 is 0 Å². The minimum absolute atomic E-state index is 0.165. The minimum Gasteiger partial charge on any atom is -0.467 e. The molecule has 1 saturated carbocycles. The Morgan fingerprint density at radius 3 is 3.04 bits per heavy atom. The van der Waals surface area contributed by atoms with E-state index in [0.717, 1.165) is 55.9 Å². The number of carbonyl (C=O) groups is 1. The van der Waals surface area contributed by atoms with Crippen LogP contribution in [0.3, 0.4) is 0 Å². The van der Waals surface area contributed by atoms with E-state index in [2.05, 4.69) is 40.4 Å². The second-order valence-electron chi connectivity index (χ2n) is 7.89. The zero-order valence-corrected chi connectivity index (χ0v) is 15.4. The molecule has 27 heavy (non-hydrogen) atoms. The Kier molecular flexibility index (Phi) is 4.03. The summed E-state index contributed by atoms with van der Waals surface area (Å²) in [7, 11) is 0. The average Bonchev–Trinajstić information content (AvgIpc) is 3.35. The van der Waals surface area contributed by atoms with Crippen molar-refractivity contribution >= 4 is 11.7 Å². The molecule has 1 aromatic carbocycles. The Balaban J connectivity index is 1.10. The Labute approximate surface area is 159 Å². The summed E-state index contributed by atoms with van der Waals surface area (Å²) in [5.74, 6) is 1.55. The van der Waals surface area contributed by atoms with Gasteiger partial charge in [0.1, 0.15) is 12.2 Å². The fourth-order valence-electron chi connectivity index (χ4n) is 4.54. The lowest BCUT2D eigenvalue weighted by Crippen LogP contribution is -2.25. The van der Waals surface area contributed by atoms with Gasteiger partial charge in [0.25, 0.3) is 0 Å². The molecule has 1 aromatic rings. The fraction of sp³-hybridized carbons (Fsp3) is 0.455. The summed E-state index contributed by atoms with van der Waals surface area (Å²) in [6, 6.07) is 10.5. The van der Waals surface area contributed by atoms with Crippen molar-refractivity contribution in [3.63, 3.8) is 0 Å². The van der Waals surface area contributed by atoms with Gasteiger partial charge in [-0.05, 0) is 36.1 Å². The van der Waals surface area contributed by atoms with E-state index in [4.69, 9.17) is 9.57 Å². The van der Waals surface area contributed by atoms with Gasteiger partial charge in [0.05, 0.1) is 6.42 Å². The van der Waals surface area contributed by atoms with Crippen molar-refractivity contribution in [2.45, 2.75) is 37.7 Å². The summed E-state index contributed by atoms with van der Waals surface area (Å²) in [6.45, 7) is 2.29. The van der Waals surface area contributed by atoms with Crippen LogP contribution in [0.1, 0.15) is 37.7 Å². The van der Waals surface area contributed by atoms with Crippen LogP contribution in [0.25, 0.3) is 0 Å². The van der Waals surface area contributed by atoms with Gasteiger partial charge in [0.2, 0.25) is 5.90 Å². The number of ketones is 1. The Morgan fingerprint density at radius 2 is 2.15 bits per heavy atom. The number of oxime groups is 1. The summed E-state index contributed by atoms with van der Waals surface area (Å²) in [5, 5.41) is 4.27. The van der Waals surface area contributed by atoms with Gasteiger partial charge in [-0.15, -0.1) is 0 Å². The molecule has 2 aliphatic carbocycles. The van der Waals surface area contributed by atoms with Gasteiger partial charge in [-0.25, -0.2) is 0 Å². The third kappa shape index (κ3) is 3.15. The molecule has 2 aliphatic heterocycles. The predicted molar refractivity (Wildman–Crippen MR) is 102 cm³/mol. The molecular formula is C22H24N2O3. The number of hydrogen-bond donors (Lipinski definition) is 0. The topological polar surface area (TPSA) is 51.1 Å². The number of carbonyl (C=O) groups excluding carboxylic acids is 1. The van der Waals surface area contributed by atoms with E-state index in [1.165, 1.54) is 5.56 Å². The molecule has 0 N–H and O–H groups in total. The summed E-state index contributed by atoms with van der Waals surface area (Å²) < 4.78 is 6.24. The van der Waals surface area contributed by atoms with E-state index in [1.807, 2.05) is 6.07 Å². The van der Waals surface area contributed by atoms with Crippen molar-refractivity contribution in [2.75, 3.05) is 19.7 Å². The van der Waals surface area contributed by atoms with Crippen LogP contribution in [0.5, 0.6) is 0 Å². The summed E-state index contributed by atoms with van der Waals surface area (Å²) in [6.07, 6.45) is 8.35. The SMILES string of the molecule is O=C1C=C2C=C(C1)N(CCCON=C1CCC3CC3(c3ccccc3)O1)C2. The number of rotatable bonds is 6. The lowest BCUT2D eigenvalue weighted by Gasteiger charge is -2.25. The predicted octanol–water partition coefficient (Wildman–Crippen LogP) is 3.53. The number of fused-ring (bicyclic) bond motifs is 2. The van der Waals surface area contributed by atoms with E-state index >= 15 is 0 Å². The molecule has 0 amide bonds. The molecule has 0 spiro atoms. The first-order valence-electron chi connectivity index (χ1n) is 9.85. The lowest BCUT2D eigenvalue weighted by molar-refractivity contribution is -0.114. The van der Waals surface area contributed by atoms with Gasteiger partial charge in [0, 0.05) is 37.5 Å². The zero-order valence-electron chi connectivity index (χ0n) is 15.4. The monoisotopic (exact) mass is 364 g/mol. The molecule has 2 fully saturated rings. The highest BCUT2D eigenvalue weighted by Gasteiger charge is 2.60. The third-order valence-electron chi connectivity index (χ3n) is 5.98. The average molecular weight is 364 g/mol. The summed E-state index contributed by atoms with van der Waals surface area (Å²) >= 11 is 0. The van der Waals surface area contributed by atoms with Crippen molar-refractivity contribution in [2.24, 2.45) is 11.1 Å². The molecule has 2 bridgehead atoms. The van der Waals surface area contributed by atoms with E-state index in [9.17, 15) is 4.79 Å². The summed E-state index contributed by atoms with van der Waals surface area (Å²) in [5.41, 5.74) is 3.36. The van der Waals surface area contributed by atoms with Crippen LogP contribution in [0.4, 0.5) is 0 Å². The van der Waals surface area contributed by atoms with Gasteiger partial charge >= 0.3 is 0 Å². The molecule has 2 unspecified atom stereocenters. The second kappa shape index (κ2) is 6.55. The normalized spacial score (nSPS) is 29.8.